The van der Waals surface area contributed by atoms with E-state index in [4.69, 9.17) is 14.2 Å². The van der Waals surface area contributed by atoms with E-state index in [2.05, 4.69) is 51.6 Å². The van der Waals surface area contributed by atoms with Crippen LogP contribution in [0.1, 0.15) is 47.1 Å². The summed E-state index contributed by atoms with van der Waals surface area (Å²) in [5.41, 5.74) is 3.44. The van der Waals surface area contributed by atoms with Gasteiger partial charge in [0.1, 0.15) is 12.4 Å². The summed E-state index contributed by atoms with van der Waals surface area (Å²) in [4.78, 5) is 7.07. The smallest absolute Gasteiger partial charge is 0.161 e. The van der Waals surface area contributed by atoms with Crippen molar-refractivity contribution in [2.24, 2.45) is 0 Å². The van der Waals surface area contributed by atoms with Gasteiger partial charge in [-0.1, -0.05) is 24.6 Å². The maximum absolute atomic E-state index is 5.96. The second-order valence-electron chi connectivity index (χ2n) is 8.65. The number of likely N-dealkylation sites (tertiary alicyclic amines) is 1. The first-order valence-corrected chi connectivity index (χ1v) is 12.8. The molecule has 7 heteroatoms. The van der Waals surface area contributed by atoms with E-state index >= 15 is 0 Å². The first kappa shape index (κ1) is 24.5. The molecule has 0 bridgehead atoms. The minimum Gasteiger partial charge on any atom is -0.497 e. The van der Waals surface area contributed by atoms with Gasteiger partial charge in [-0.3, -0.25) is 4.90 Å². The third-order valence-electron chi connectivity index (χ3n) is 6.27. The third-order valence-corrected chi connectivity index (χ3v) is 7.09. The summed E-state index contributed by atoms with van der Waals surface area (Å²) in [6.07, 6.45) is 3.87. The lowest BCUT2D eigenvalue weighted by atomic mass is 10.0. The number of piperidine rings is 1. The fraction of sp³-hybridized carbons (Fsp3) is 0.444. The predicted octanol–water partition coefficient (Wildman–Crippen LogP) is 5.36. The fourth-order valence-electron chi connectivity index (χ4n) is 4.43. The average molecular weight is 482 g/mol. The van der Waals surface area contributed by atoms with Crippen LogP contribution in [0.15, 0.2) is 47.8 Å². The van der Waals surface area contributed by atoms with Gasteiger partial charge in [0.15, 0.2) is 11.5 Å². The topological polar surface area (TPSA) is 55.9 Å². The highest BCUT2D eigenvalue weighted by atomic mass is 32.1. The van der Waals surface area contributed by atoms with Gasteiger partial charge in [-0.25, -0.2) is 4.98 Å². The molecular formula is C27H35N3O3S. The summed E-state index contributed by atoms with van der Waals surface area (Å²) in [6.45, 7) is 6.39. The van der Waals surface area contributed by atoms with Crippen LogP contribution < -0.4 is 19.5 Å². The van der Waals surface area contributed by atoms with Gasteiger partial charge in [-0.05, 0) is 68.2 Å². The number of hydrogen-bond donors (Lipinski definition) is 1. The number of nitrogens with zero attached hydrogens (tertiary/aromatic N) is 2. The monoisotopic (exact) mass is 481 g/mol. The number of hydrogen-bond acceptors (Lipinski definition) is 7. The molecular weight excluding hydrogens is 446 g/mol. The highest BCUT2D eigenvalue weighted by Crippen LogP contribution is 2.30. The molecule has 1 N–H and O–H groups in total. The largest absolute Gasteiger partial charge is 0.497 e. The Hall–Kier alpha value is -2.61. The van der Waals surface area contributed by atoms with E-state index in [1.54, 1.807) is 25.6 Å². The van der Waals surface area contributed by atoms with E-state index in [1.165, 1.54) is 30.4 Å². The highest BCUT2D eigenvalue weighted by molar-refractivity contribution is 7.09. The molecule has 6 nitrogen and oxygen atoms in total. The maximum Gasteiger partial charge on any atom is 0.161 e. The van der Waals surface area contributed by atoms with E-state index in [1.807, 2.05) is 18.4 Å². The fourth-order valence-corrected chi connectivity index (χ4v) is 5.03. The number of aromatic nitrogens is 1. The van der Waals surface area contributed by atoms with Crippen molar-refractivity contribution in [2.45, 2.75) is 45.4 Å². The van der Waals surface area contributed by atoms with E-state index in [0.717, 1.165) is 54.1 Å². The van der Waals surface area contributed by atoms with Gasteiger partial charge in [0.05, 0.1) is 24.9 Å². The Morgan fingerprint density at radius 2 is 1.79 bits per heavy atom. The third kappa shape index (κ3) is 6.50. The van der Waals surface area contributed by atoms with Gasteiger partial charge in [0.2, 0.25) is 0 Å². The molecule has 4 rings (SSSR count). The Morgan fingerprint density at radius 1 is 1.00 bits per heavy atom. The average Bonchev–Trinajstić information content (AvgIpc) is 3.31. The van der Waals surface area contributed by atoms with Gasteiger partial charge in [0.25, 0.3) is 0 Å². The van der Waals surface area contributed by atoms with E-state index in [-0.39, 0.29) is 0 Å². The molecule has 1 aliphatic rings. The Kier molecular flexibility index (Phi) is 8.79. The van der Waals surface area contributed by atoms with Crippen LogP contribution in [0.4, 0.5) is 0 Å². The molecule has 1 fully saturated rings. The molecule has 3 aromatic rings. The number of thiazole rings is 1. The quantitative estimate of drug-likeness (QED) is 0.398. The number of benzene rings is 2. The zero-order chi connectivity index (χ0) is 23.8. The molecule has 0 aliphatic carbocycles. The van der Waals surface area contributed by atoms with Crippen molar-refractivity contribution < 1.29 is 14.2 Å². The predicted molar refractivity (Wildman–Crippen MR) is 137 cm³/mol. The first-order valence-electron chi connectivity index (χ1n) is 12.0. The summed E-state index contributed by atoms with van der Waals surface area (Å²) in [6, 6.07) is 15.0. The van der Waals surface area contributed by atoms with Crippen molar-refractivity contribution in [3.63, 3.8) is 0 Å². The molecule has 0 spiro atoms. The molecule has 0 radical (unpaired) electrons. The van der Waals surface area contributed by atoms with E-state index < -0.39 is 0 Å². The van der Waals surface area contributed by atoms with Crippen LogP contribution in [0.5, 0.6) is 17.2 Å². The molecule has 1 unspecified atom stereocenters. The standard InChI is InChI=1S/C27H35N3O3S/c1-20-29-23(19-34-20)18-33-26-12-7-21(15-27(26)32-3)16-28-17-25(30-13-5-4-6-14-30)22-8-10-24(31-2)11-9-22/h7-12,15,19,25,28H,4-6,13-14,16-18H2,1-3H3. The number of ether oxygens (including phenoxy) is 3. The SMILES string of the molecule is COc1ccc(C(CNCc2ccc(OCc3csc(C)n3)c(OC)c2)N2CCCCC2)cc1. The molecule has 2 aromatic carbocycles. The second kappa shape index (κ2) is 12.2. The van der Waals surface area contributed by atoms with Gasteiger partial charge in [0, 0.05) is 24.5 Å². The Labute approximate surface area is 206 Å². The van der Waals surface area contributed by atoms with Crippen LogP contribution >= 0.6 is 11.3 Å². The summed E-state index contributed by atoms with van der Waals surface area (Å²) >= 11 is 1.63. The molecule has 34 heavy (non-hydrogen) atoms. The molecule has 182 valence electrons. The van der Waals surface area contributed by atoms with Crippen LogP contribution in [0, 0.1) is 6.92 Å². The van der Waals surface area contributed by atoms with Crippen LogP contribution in [-0.2, 0) is 13.2 Å². The normalized spacial score (nSPS) is 15.1. The maximum atomic E-state index is 5.96. The number of nitrogens with one attached hydrogen (secondary N) is 1. The molecule has 1 atom stereocenters. The van der Waals surface area contributed by atoms with Crippen molar-refractivity contribution in [1.82, 2.24) is 15.2 Å². The van der Waals surface area contributed by atoms with Crippen LogP contribution in [-0.4, -0.2) is 43.7 Å². The van der Waals surface area contributed by atoms with Crippen LogP contribution in [0.25, 0.3) is 0 Å². The van der Waals surface area contributed by atoms with Crippen molar-refractivity contribution in [2.75, 3.05) is 33.9 Å². The molecule has 1 aromatic heterocycles. The molecule has 1 aliphatic heterocycles. The number of methoxy groups -OCH3 is 2. The van der Waals surface area contributed by atoms with Gasteiger partial charge >= 0.3 is 0 Å². The Bertz CT molecular complexity index is 1030. The molecule has 2 heterocycles. The van der Waals surface area contributed by atoms with Gasteiger partial charge < -0.3 is 19.5 Å². The molecule has 1 saturated heterocycles. The van der Waals surface area contributed by atoms with Crippen molar-refractivity contribution in [3.05, 3.63) is 69.7 Å². The summed E-state index contributed by atoms with van der Waals surface area (Å²) in [5.74, 6) is 2.38. The zero-order valence-electron chi connectivity index (χ0n) is 20.4. The Balaban J connectivity index is 1.38. The summed E-state index contributed by atoms with van der Waals surface area (Å²) < 4.78 is 16.9. The summed E-state index contributed by atoms with van der Waals surface area (Å²) in [7, 11) is 3.39. The number of rotatable bonds is 11. The Morgan fingerprint density at radius 3 is 2.47 bits per heavy atom. The van der Waals surface area contributed by atoms with E-state index in [0.29, 0.717) is 12.6 Å². The van der Waals surface area contributed by atoms with Gasteiger partial charge in [-0.15, -0.1) is 11.3 Å². The van der Waals surface area contributed by atoms with Crippen molar-refractivity contribution >= 4 is 11.3 Å². The van der Waals surface area contributed by atoms with Gasteiger partial charge in [-0.2, -0.15) is 0 Å². The highest BCUT2D eigenvalue weighted by Gasteiger charge is 2.22. The molecule has 0 amide bonds. The minimum atomic E-state index is 0.345. The lowest BCUT2D eigenvalue weighted by Crippen LogP contribution is -2.39. The van der Waals surface area contributed by atoms with Crippen LogP contribution in [0.3, 0.4) is 0 Å². The van der Waals surface area contributed by atoms with E-state index in [9.17, 15) is 0 Å². The number of aryl methyl sites for hydroxylation is 1. The first-order chi connectivity index (χ1) is 16.7. The lowest BCUT2D eigenvalue weighted by Gasteiger charge is -2.35. The van der Waals surface area contributed by atoms with Crippen molar-refractivity contribution in [3.8, 4) is 17.2 Å². The zero-order valence-corrected chi connectivity index (χ0v) is 21.2. The second-order valence-corrected chi connectivity index (χ2v) is 9.71. The van der Waals surface area contributed by atoms with Crippen LogP contribution in [0.2, 0.25) is 0 Å². The molecule has 0 saturated carbocycles. The van der Waals surface area contributed by atoms with Crippen molar-refractivity contribution in [1.29, 1.82) is 0 Å². The minimum absolute atomic E-state index is 0.345. The lowest BCUT2D eigenvalue weighted by molar-refractivity contribution is 0.160. The summed E-state index contributed by atoms with van der Waals surface area (Å²) in [5, 5.41) is 6.75.